The molecule has 1 aliphatic rings. The molecule has 1 unspecified atom stereocenters. The normalized spacial score (nSPS) is 22.5. The number of hydrogen-bond donors (Lipinski definition) is 1. The maximum absolute atomic E-state index is 3.14. The van der Waals surface area contributed by atoms with E-state index in [2.05, 4.69) is 56.5 Å². The standard InChI is InChI=1S/C12H19N/c1-12(2,3)10-6-5-7-11(13-4)9-8-10/h5-10,13H,1-4H3. The lowest BCUT2D eigenvalue weighted by atomic mass is 9.80. The van der Waals surface area contributed by atoms with Gasteiger partial charge in [0, 0.05) is 18.7 Å². The average molecular weight is 177 g/mol. The van der Waals surface area contributed by atoms with Gasteiger partial charge < -0.3 is 5.32 Å². The molecule has 0 heterocycles. The molecule has 1 aliphatic carbocycles. The Morgan fingerprint density at radius 2 is 1.92 bits per heavy atom. The highest BCUT2D eigenvalue weighted by Crippen LogP contribution is 2.29. The van der Waals surface area contributed by atoms with Crippen molar-refractivity contribution in [3.63, 3.8) is 0 Å². The minimum atomic E-state index is 0.310. The van der Waals surface area contributed by atoms with E-state index in [9.17, 15) is 0 Å². The SMILES string of the molecule is CNC1=CC=CC(C(C)(C)C)C=C1. The van der Waals surface area contributed by atoms with Gasteiger partial charge in [-0.2, -0.15) is 0 Å². The fourth-order valence-electron chi connectivity index (χ4n) is 1.35. The van der Waals surface area contributed by atoms with Crippen LogP contribution in [0.2, 0.25) is 0 Å². The molecule has 1 nitrogen and oxygen atoms in total. The minimum Gasteiger partial charge on any atom is -0.388 e. The first-order valence-corrected chi connectivity index (χ1v) is 4.78. The van der Waals surface area contributed by atoms with E-state index < -0.39 is 0 Å². The van der Waals surface area contributed by atoms with Crippen LogP contribution in [0.5, 0.6) is 0 Å². The summed E-state index contributed by atoms with van der Waals surface area (Å²) in [5, 5.41) is 3.14. The highest BCUT2D eigenvalue weighted by molar-refractivity contribution is 5.28. The van der Waals surface area contributed by atoms with Gasteiger partial charge in [0.15, 0.2) is 0 Å². The lowest BCUT2D eigenvalue weighted by molar-refractivity contribution is 0.344. The Bertz CT molecular complexity index is 251. The Labute approximate surface area is 81.2 Å². The zero-order chi connectivity index (χ0) is 9.90. The van der Waals surface area contributed by atoms with Crippen LogP contribution in [-0.2, 0) is 0 Å². The van der Waals surface area contributed by atoms with Crippen LogP contribution in [0.1, 0.15) is 20.8 Å². The molecule has 72 valence electrons. The number of allylic oxidation sites excluding steroid dienone is 5. The van der Waals surface area contributed by atoms with Gasteiger partial charge >= 0.3 is 0 Å². The summed E-state index contributed by atoms with van der Waals surface area (Å²) in [6, 6.07) is 0. The molecular weight excluding hydrogens is 158 g/mol. The molecule has 0 fully saturated rings. The summed E-state index contributed by atoms with van der Waals surface area (Å²) in [5.74, 6) is 0.523. The number of nitrogens with one attached hydrogen (secondary N) is 1. The van der Waals surface area contributed by atoms with Crippen molar-refractivity contribution in [2.75, 3.05) is 7.05 Å². The average Bonchev–Trinajstić information content (AvgIpc) is 2.26. The Morgan fingerprint density at radius 1 is 1.23 bits per heavy atom. The van der Waals surface area contributed by atoms with Crippen molar-refractivity contribution in [3.8, 4) is 0 Å². The fraction of sp³-hybridized carbons (Fsp3) is 0.500. The van der Waals surface area contributed by atoms with E-state index in [1.807, 2.05) is 7.05 Å². The Hall–Kier alpha value is -0.980. The van der Waals surface area contributed by atoms with Crippen LogP contribution in [0.15, 0.2) is 36.1 Å². The summed E-state index contributed by atoms with van der Waals surface area (Å²) in [4.78, 5) is 0. The smallest absolute Gasteiger partial charge is 0.0334 e. The largest absolute Gasteiger partial charge is 0.388 e. The number of rotatable bonds is 1. The van der Waals surface area contributed by atoms with Gasteiger partial charge in [0.1, 0.15) is 0 Å². The summed E-state index contributed by atoms with van der Waals surface area (Å²) in [7, 11) is 1.95. The molecule has 0 aromatic rings. The highest BCUT2D eigenvalue weighted by atomic mass is 14.8. The quantitative estimate of drug-likeness (QED) is 0.649. The third-order valence-corrected chi connectivity index (χ3v) is 2.37. The molecule has 0 saturated carbocycles. The van der Waals surface area contributed by atoms with Crippen molar-refractivity contribution in [1.82, 2.24) is 5.32 Å². The summed E-state index contributed by atoms with van der Waals surface area (Å²) < 4.78 is 0. The van der Waals surface area contributed by atoms with Crippen LogP contribution < -0.4 is 5.32 Å². The zero-order valence-electron chi connectivity index (χ0n) is 8.96. The van der Waals surface area contributed by atoms with Gasteiger partial charge in [0.05, 0.1) is 0 Å². The zero-order valence-corrected chi connectivity index (χ0v) is 8.96. The monoisotopic (exact) mass is 177 g/mol. The number of likely N-dealkylation sites (N-methyl/N-ethyl adjacent to an activating group) is 1. The molecule has 0 aliphatic heterocycles. The maximum Gasteiger partial charge on any atom is 0.0334 e. The van der Waals surface area contributed by atoms with Crippen molar-refractivity contribution in [1.29, 1.82) is 0 Å². The predicted octanol–water partition coefficient (Wildman–Crippen LogP) is 2.88. The summed E-state index contributed by atoms with van der Waals surface area (Å²) in [5.41, 5.74) is 1.48. The van der Waals surface area contributed by atoms with Crippen LogP contribution in [0.4, 0.5) is 0 Å². The molecule has 1 atom stereocenters. The molecular formula is C12H19N. The molecule has 0 aromatic carbocycles. The van der Waals surface area contributed by atoms with Gasteiger partial charge in [0.25, 0.3) is 0 Å². The van der Waals surface area contributed by atoms with Crippen molar-refractivity contribution >= 4 is 0 Å². The van der Waals surface area contributed by atoms with E-state index in [1.165, 1.54) is 5.70 Å². The van der Waals surface area contributed by atoms with Gasteiger partial charge in [-0.05, 0) is 17.6 Å². The van der Waals surface area contributed by atoms with E-state index in [0.29, 0.717) is 11.3 Å². The van der Waals surface area contributed by atoms with Gasteiger partial charge in [-0.3, -0.25) is 0 Å². The van der Waals surface area contributed by atoms with Gasteiger partial charge in [-0.25, -0.2) is 0 Å². The highest BCUT2D eigenvalue weighted by Gasteiger charge is 2.19. The molecule has 0 spiro atoms. The molecule has 0 radical (unpaired) electrons. The lowest BCUT2D eigenvalue weighted by Crippen LogP contribution is -2.15. The third-order valence-electron chi connectivity index (χ3n) is 2.37. The fourth-order valence-corrected chi connectivity index (χ4v) is 1.35. The first-order chi connectivity index (χ1) is 6.04. The van der Waals surface area contributed by atoms with E-state index in [0.717, 1.165) is 0 Å². The van der Waals surface area contributed by atoms with Crippen molar-refractivity contribution in [3.05, 3.63) is 36.1 Å². The van der Waals surface area contributed by atoms with Crippen LogP contribution in [0.25, 0.3) is 0 Å². The Balaban J connectivity index is 2.79. The van der Waals surface area contributed by atoms with Gasteiger partial charge in [0.2, 0.25) is 0 Å². The van der Waals surface area contributed by atoms with E-state index in [1.54, 1.807) is 0 Å². The molecule has 0 aromatic heterocycles. The van der Waals surface area contributed by atoms with Gasteiger partial charge in [-0.1, -0.05) is 39.0 Å². The van der Waals surface area contributed by atoms with E-state index in [4.69, 9.17) is 0 Å². The van der Waals surface area contributed by atoms with Crippen molar-refractivity contribution in [2.45, 2.75) is 20.8 Å². The minimum absolute atomic E-state index is 0.310. The lowest BCUT2D eigenvalue weighted by Gasteiger charge is -2.24. The first-order valence-electron chi connectivity index (χ1n) is 4.78. The molecule has 13 heavy (non-hydrogen) atoms. The summed E-state index contributed by atoms with van der Waals surface area (Å²) >= 11 is 0. The molecule has 0 amide bonds. The molecule has 1 heteroatoms. The summed E-state index contributed by atoms with van der Waals surface area (Å²) in [6.07, 6.45) is 10.9. The molecule has 0 saturated heterocycles. The topological polar surface area (TPSA) is 12.0 Å². The van der Waals surface area contributed by atoms with E-state index >= 15 is 0 Å². The first kappa shape index (κ1) is 10.1. The molecule has 1 N–H and O–H groups in total. The van der Waals surface area contributed by atoms with E-state index in [-0.39, 0.29) is 0 Å². The van der Waals surface area contributed by atoms with Crippen LogP contribution >= 0.6 is 0 Å². The van der Waals surface area contributed by atoms with Crippen LogP contribution in [0, 0.1) is 11.3 Å². The van der Waals surface area contributed by atoms with Crippen molar-refractivity contribution in [2.24, 2.45) is 11.3 Å². The second-order valence-electron chi connectivity index (χ2n) is 4.51. The molecule has 1 rings (SSSR count). The summed E-state index contributed by atoms with van der Waals surface area (Å²) in [6.45, 7) is 6.78. The maximum atomic E-state index is 3.14. The third kappa shape index (κ3) is 2.76. The second kappa shape index (κ2) is 3.82. The Morgan fingerprint density at radius 3 is 2.46 bits per heavy atom. The van der Waals surface area contributed by atoms with Crippen molar-refractivity contribution < 1.29 is 0 Å². The predicted molar refractivity (Wildman–Crippen MR) is 58.4 cm³/mol. The Kier molecular flexibility index (Phi) is 2.97. The van der Waals surface area contributed by atoms with Gasteiger partial charge in [-0.15, -0.1) is 0 Å². The second-order valence-corrected chi connectivity index (χ2v) is 4.51. The van der Waals surface area contributed by atoms with Crippen LogP contribution in [0.3, 0.4) is 0 Å². The molecule has 0 bridgehead atoms. The number of hydrogen-bond acceptors (Lipinski definition) is 1. The van der Waals surface area contributed by atoms with Crippen LogP contribution in [-0.4, -0.2) is 7.05 Å².